The first-order valence-electron chi connectivity index (χ1n) is 18.3. The second kappa shape index (κ2) is 18.2. The maximum Gasteiger partial charge on any atom is 0.409 e. The van der Waals surface area contributed by atoms with Crippen LogP contribution in [0, 0.1) is 12.8 Å². The Labute approximate surface area is 298 Å². The van der Waals surface area contributed by atoms with Gasteiger partial charge in [0, 0.05) is 57.1 Å². The van der Waals surface area contributed by atoms with Crippen molar-refractivity contribution in [3.05, 3.63) is 35.5 Å². The number of esters is 1. The molecule has 0 spiro atoms. The molecule has 2 aromatic rings. The number of benzene rings is 1. The molecule has 51 heavy (non-hydrogen) atoms. The molecule has 2 aliphatic heterocycles. The van der Waals surface area contributed by atoms with Crippen LogP contribution in [0.3, 0.4) is 0 Å². The third-order valence-electron chi connectivity index (χ3n) is 9.80. The highest BCUT2D eigenvalue weighted by Crippen LogP contribution is 2.28. The van der Waals surface area contributed by atoms with Crippen molar-refractivity contribution in [3.63, 3.8) is 0 Å². The lowest BCUT2D eigenvalue weighted by atomic mass is 10.1. The quantitative estimate of drug-likeness (QED) is 0.220. The predicted molar refractivity (Wildman–Crippen MR) is 187 cm³/mol. The van der Waals surface area contributed by atoms with E-state index in [1.54, 1.807) is 15.9 Å². The van der Waals surface area contributed by atoms with E-state index in [0.29, 0.717) is 43.0 Å². The SMILES string of the molecule is CCCCOC(=O)N1CCN(C(=O)[C@H](CCC(=O)OCC2CCCC2)NC(=O)c2cc(OCC(=O)N3CC[C@@H](O)C3)c3ccc(C)cc3n2)CC1. The molecule has 2 saturated heterocycles. The molecular weight excluding hydrogens is 658 g/mol. The number of aliphatic hydroxyl groups excluding tert-OH is 1. The number of amides is 4. The van der Waals surface area contributed by atoms with E-state index in [1.807, 2.05) is 26.0 Å². The number of aliphatic hydroxyl groups is 1. The van der Waals surface area contributed by atoms with Crippen molar-refractivity contribution in [2.75, 3.05) is 59.1 Å². The molecule has 278 valence electrons. The van der Waals surface area contributed by atoms with Crippen LogP contribution in [-0.2, 0) is 23.9 Å². The number of fused-ring (bicyclic) bond motifs is 1. The summed E-state index contributed by atoms with van der Waals surface area (Å²) in [5, 5.41) is 13.3. The van der Waals surface area contributed by atoms with Crippen LogP contribution in [0.4, 0.5) is 4.79 Å². The smallest absolute Gasteiger partial charge is 0.409 e. The highest BCUT2D eigenvalue weighted by Gasteiger charge is 2.32. The molecule has 1 aromatic heterocycles. The molecule has 1 aliphatic carbocycles. The highest BCUT2D eigenvalue weighted by atomic mass is 16.6. The Hall–Kier alpha value is -4.46. The van der Waals surface area contributed by atoms with Crippen LogP contribution < -0.4 is 10.1 Å². The second-order valence-electron chi connectivity index (χ2n) is 13.8. The number of hydrogen-bond donors (Lipinski definition) is 2. The van der Waals surface area contributed by atoms with Gasteiger partial charge in [-0.25, -0.2) is 9.78 Å². The average Bonchev–Trinajstić information content (AvgIpc) is 3.82. The van der Waals surface area contributed by atoms with Crippen molar-refractivity contribution < 1.29 is 43.3 Å². The van der Waals surface area contributed by atoms with Gasteiger partial charge in [0.2, 0.25) is 5.91 Å². The fourth-order valence-corrected chi connectivity index (χ4v) is 6.68. The lowest BCUT2D eigenvalue weighted by Crippen LogP contribution is -2.56. The van der Waals surface area contributed by atoms with E-state index in [-0.39, 0.29) is 75.4 Å². The molecular formula is C37H51N5O9. The summed E-state index contributed by atoms with van der Waals surface area (Å²) in [4.78, 5) is 75.0. The van der Waals surface area contributed by atoms with Gasteiger partial charge >= 0.3 is 12.1 Å². The number of rotatable bonds is 14. The van der Waals surface area contributed by atoms with Gasteiger partial charge in [-0.1, -0.05) is 32.3 Å². The van der Waals surface area contributed by atoms with Crippen LogP contribution >= 0.6 is 0 Å². The van der Waals surface area contributed by atoms with Gasteiger partial charge in [0.25, 0.3) is 11.8 Å². The predicted octanol–water partition coefficient (Wildman–Crippen LogP) is 3.21. The first kappa shape index (κ1) is 37.8. The van der Waals surface area contributed by atoms with E-state index in [1.165, 1.54) is 11.0 Å². The molecule has 0 bridgehead atoms. The summed E-state index contributed by atoms with van der Waals surface area (Å²) in [6.45, 7) is 6.04. The first-order chi connectivity index (χ1) is 24.6. The zero-order valence-electron chi connectivity index (χ0n) is 29.8. The molecule has 2 atom stereocenters. The normalized spacial score (nSPS) is 18.5. The van der Waals surface area contributed by atoms with Gasteiger partial charge in [-0.05, 0) is 62.6 Å². The molecule has 0 radical (unpaired) electrons. The van der Waals surface area contributed by atoms with Crippen molar-refractivity contribution in [2.45, 2.75) is 83.8 Å². The monoisotopic (exact) mass is 709 g/mol. The van der Waals surface area contributed by atoms with Crippen molar-refractivity contribution in [2.24, 2.45) is 5.92 Å². The Morgan fingerprint density at radius 1 is 0.961 bits per heavy atom. The van der Waals surface area contributed by atoms with Crippen molar-refractivity contribution in [1.29, 1.82) is 0 Å². The van der Waals surface area contributed by atoms with Gasteiger partial charge in [-0.2, -0.15) is 0 Å². The summed E-state index contributed by atoms with van der Waals surface area (Å²) in [7, 11) is 0. The number of nitrogens with zero attached hydrogens (tertiary/aromatic N) is 4. The van der Waals surface area contributed by atoms with Gasteiger partial charge in [-0.3, -0.25) is 19.2 Å². The van der Waals surface area contributed by atoms with E-state index >= 15 is 0 Å². The molecule has 1 aromatic carbocycles. The van der Waals surface area contributed by atoms with Crippen LogP contribution in [0.2, 0.25) is 0 Å². The van der Waals surface area contributed by atoms with E-state index < -0.39 is 30.1 Å². The average molecular weight is 710 g/mol. The van der Waals surface area contributed by atoms with E-state index in [2.05, 4.69) is 10.3 Å². The third-order valence-corrected chi connectivity index (χ3v) is 9.80. The fraction of sp³-hybridized carbons (Fsp3) is 0.622. The number of ether oxygens (including phenoxy) is 3. The van der Waals surface area contributed by atoms with E-state index in [0.717, 1.165) is 44.1 Å². The number of aryl methyl sites for hydroxylation is 1. The van der Waals surface area contributed by atoms with E-state index in [4.69, 9.17) is 14.2 Å². The number of carbonyl (C=O) groups is 5. The molecule has 14 heteroatoms. The lowest BCUT2D eigenvalue weighted by molar-refractivity contribution is -0.145. The van der Waals surface area contributed by atoms with Gasteiger partial charge in [0.1, 0.15) is 17.5 Å². The number of aromatic nitrogens is 1. The topological polar surface area (TPSA) is 168 Å². The molecule has 3 aliphatic rings. The third kappa shape index (κ3) is 10.5. The Bertz CT molecular complexity index is 1550. The Balaban J connectivity index is 1.29. The maximum atomic E-state index is 13.9. The summed E-state index contributed by atoms with van der Waals surface area (Å²) in [5.41, 5.74) is 1.36. The number of nitrogens with one attached hydrogen (secondary N) is 1. The Morgan fingerprint density at radius 2 is 1.71 bits per heavy atom. The van der Waals surface area contributed by atoms with Crippen LogP contribution in [0.1, 0.15) is 80.8 Å². The van der Waals surface area contributed by atoms with Gasteiger partial charge in [0.05, 0.1) is 24.8 Å². The number of piperazine rings is 1. The van der Waals surface area contributed by atoms with Gasteiger partial charge in [-0.15, -0.1) is 0 Å². The molecule has 14 nitrogen and oxygen atoms in total. The first-order valence-corrected chi connectivity index (χ1v) is 18.3. The largest absolute Gasteiger partial charge is 0.483 e. The van der Waals surface area contributed by atoms with Crippen molar-refractivity contribution in [3.8, 4) is 5.75 Å². The van der Waals surface area contributed by atoms with Crippen LogP contribution in [0.15, 0.2) is 24.3 Å². The Kier molecular flexibility index (Phi) is 13.5. The lowest BCUT2D eigenvalue weighted by Gasteiger charge is -2.36. The summed E-state index contributed by atoms with van der Waals surface area (Å²) in [6.07, 6.45) is 5.47. The number of hydrogen-bond acceptors (Lipinski definition) is 10. The van der Waals surface area contributed by atoms with Crippen molar-refractivity contribution in [1.82, 2.24) is 25.0 Å². The molecule has 0 unspecified atom stereocenters. The van der Waals surface area contributed by atoms with Crippen LogP contribution in [0.25, 0.3) is 10.9 Å². The summed E-state index contributed by atoms with van der Waals surface area (Å²) in [5.74, 6) is -1.11. The van der Waals surface area contributed by atoms with Crippen molar-refractivity contribution >= 4 is 40.7 Å². The number of pyridine rings is 1. The highest BCUT2D eigenvalue weighted by molar-refractivity contribution is 5.99. The zero-order valence-corrected chi connectivity index (χ0v) is 29.8. The molecule has 3 heterocycles. The zero-order chi connectivity index (χ0) is 36.3. The second-order valence-corrected chi connectivity index (χ2v) is 13.8. The minimum atomic E-state index is -1.07. The molecule has 1 saturated carbocycles. The molecule has 2 N–H and O–H groups in total. The summed E-state index contributed by atoms with van der Waals surface area (Å²) >= 11 is 0. The standard InChI is InChI=1S/C37H51N5O9/c1-3-4-19-49-37(48)41-17-15-40(16-18-41)36(47)29(11-12-34(45)51-23-26-7-5-6-8-26)39-35(46)31-21-32(28-10-9-25(2)20-30(28)38-31)50-24-33(44)42-14-13-27(43)22-42/h9-10,20-21,26-27,29,43H,3-8,11-19,22-24H2,1-2H3,(H,39,46)/t27-,29+/m1/s1. The minimum absolute atomic E-state index is 0.0135. The summed E-state index contributed by atoms with van der Waals surface area (Å²) in [6, 6.07) is 5.86. The Morgan fingerprint density at radius 3 is 2.41 bits per heavy atom. The summed E-state index contributed by atoms with van der Waals surface area (Å²) < 4.78 is 16.8. The number of carbonyl (C=O) groups excluding carboxylic acids is 5. The van der Waals surface area contributed by atoms with E-state index in [9.17, 15) is 29.1 Å². The van der Waals surface area contributed by atoms with Gasteiger partial charge in [0.15, 0.2) is 6.61 Å². The maximum absolute atomic E-state index is 13.9. The fourth-order valence-electron chi connectivity index (χ4n) is 6.68. The van der Waals surface area contributed by atoms with Crippen LogP contribution in [-0.4, -0.2) is 126 Å². The molecule has 5 rings (SSSR count). The van der Waals surface area contributed by atoms with Gasteiger partial charge < -0.3 is 39.3 Å². The van der Waals surface area contributed by atoms with Crippen LogP contribution in [0.5, 0.6) is 5.75 Å². The molecule has 3 fully saturated rings. The minimum Gasteiger partial charge on any atom is -0.483 e. The molecule has 4 amide bonds. The number of β-amino-alcohol motifs (C(OH)–C–C–N with tert-alkyl or cyclic N) is 1. The number of unbranched alkanes of at least 4 members (excludes halogenated alkanes) is 1. The number of likely N-dealkylation sites (tertiary alicyclic amines) is 1.